The molecule has 8 nitrogen and oxygen atoms in total. The molecule has 0 atom stereocenters. The third-order valence-electron chi connectivity index (χ3n) is 6.24. The van der Waals surface area contributed by atoms with Gasteiger partial charge in [-0.2, -0.15) is 5.10 Å². The standard InChI is InChI=1S/C28H25FN8/c1-37(2)12-11-30-20-14-18(13-19(29)16-20)21-8-10-32-27-25(21)33-28(34-27)26-22-15-17(6-7-24(22)35-36-26)23-5-3-4-9-31-23/h3-10,13-16,30H,11-12H2,1-2H3,(H,35,36)(H,32,33,34). The van der Waals surface area contributed by atoms with Gasteiger partial charge in [0.05, 0.1) is 16.7 Å². The summed E-state index contributed by atoms with van der Waals surface area (Å²) in [6.45, 7) is 1.55. The van der Waals surface area contributed by atoms with Crippen molar-refractivity contribution in [3.8, 4) is 33.9 Å². The highest BCUT2D eigenvalue weighted by Crippen LogP contribution is 2.33. The molecule has 4 heterocycles. The second kappa shape index (κ2) is 9.44. The molecule has 37 heavy (non-hydrogen) atoms. The minimum absolute atomic E-state index is 0.310. The van der Waals surface area contributed by atoms with E-state index in [0.29, 0.717) is 23.7 Å². The number of hydrogen-bond acceptors (Lipinski definition) is 6. The van der Waals surface area contributed by atoms with E-state index in [2.05, 4.69) is 41.4 Å². The average Bonchev–Trinajstić information content (AvgIpc) is 3.52. The summed E-state index contributed by atoms with van der Waals surface area (Å²) in [7, 11) is 4.01. The summed E-state index contributed by atoms with van der Waals surface area (Å²) in [4.78, 5) is 19.1. The fraction of sp³-hybridized carbons (Fsp3) is 0.143. The molecule has 2 aromatic carbocycles. The van der Waals surface area contributed by atoms with Crippen LogP contribution in [0, 0.1) is 5.82 Å². The molecule has 0 aliphatic carbocycles. The third kappa shape index (κ3) is 4.52. The Bertz CT molecular complexity index is 1700. The van der Waals surface area contributed by atoms with Gasteiger partial charge in [-0.25, -0.2) is 14.4 Å². The van der Waals surface area contributed by atoms with Crippen molar-refractivity contribution in [2.24, 2.45) is 0 Å². The average molecular weight is 493 g/mol. The van der Waals surface area contributed by atoms with Crippen molar-refractivity contribution in [1.82, 2.24) is 35.0 Å². The van der Waals surface area contributed by atoms with E-state index in [4.69, 9.17) is 4.98 Å². The molecule has 9 heteroatoms. The SMILES string of the molecule is CN(C)CCNc1cc(F)cc(-c2ccnc3nc(-c4n[nH]c5ccc(-c6ccccn6)cc45)[nH]c23)c1. The van der Waals surface area contributed by atoms with Gasteiger partial charge in [-0.05, 0) is 68.2 Å². The van der Waals surface area contributed by atoms with Crippen LogP contribution in [0.15, 0.2) is 73.1 Å². The Kier molecular flexibility index (Phi) is 5.82. The first kappa shape index (κ1) is 22.8. The molecule has 0 saturated carbocycles. The molecule has 3 N–H and O–H groups in total. The van der Waals surface area contributed by atoms with E-state index in [1.54, 1.807) is 12.4 Å². The summed E-state index contributed by atoms with van der Waals surface area (Å²) in [6.07, 6.45) is 3.46. The smallest absolute Gasteiger partial charge is 0.178 e. The van der Waals surface area contributed by atoms with Gasteiger partial charge in [-0.1, -0.05) is 12.1 Å². The summed E-state index contributed by atoms with van der Waals surface area (Å²) in [5.74, 6) is 0.273. The molecule has 0 aliphatic heterocycles. The zero-order valence-electron chi connectivity index (χ0n) is 20.5. The van der Waals surface area contributed by atoms with Crippen molar-refractivity contribution >= 4 is 27.8 Å². The van der Waals surface area contributed by atoms with Crippen LogP contribution in [0.3, 0.4) is 0 Å². The molecular weight excluding hydrogens is 467 g/mol. The van der Waals surface area contributed by atoms with Crippen LogP contribution < -0.4 is 5.32 Å². The fourth-order valence-electron chi connectivity index (χ4n) is 4.42. The van der Waals surface area contributed by atoms with Crippen molar-refractivity contribution in [2.75, 3.05) is 32.5 Å². The van der Waals surface area contributed by atoms with Crippen molar-refractivity contribution in [3.05, 3.63) is 78.9 Å². The highest BCUT2D eigenvalue weighted by atomic mass is 19.1. The lowest BCUT2D eigenvalue weighted by Crippen LogP contribution is -2.20. The molecule has 0 bridgehead atoms. The number of pyridine rings is 2. The molecule has 0 aliphatic rings. The van der Waals surface area contributed by atoms with Gasteiger partial charge in [0.1, 0.15) is 11.5 Å². The van der Waals surface area contributed by atoms with Crippen molar-refractivity contribution in [1.29, 1.82) is 0 Å². The lowest BCUT2D eigenvalue weighted by molar-refractivity contribution is 0.425. The van der Waals surface area contributed by atoms with E-state index in [0.717, 1.165) is 51.0 Å². The Hall–Kier alpha value is -4.63. The zero-order chi connectivity index (χ0) is 25.4. The molecule has 0 radical (unpaired) electrons. The van der Waals surface area contributed by atoms with Crippen LogP contribution in [-0.2, 0) is 0 Å². The van der Waals surface area contributed by atoms with Gasteiger partial charge in [-0.15, -0.1) is 0 Å². The maximum atomic E-state index is 14.6. The van der Waals surface area contributed by atoms with E-state index in [-0.39, 0.29) is 5.82 Å². The van der Waals surface area contributed by atoms with Gasteiger partial charge in [-0.3, -0.25) is 10.1 Å². The fourth-order valence-corrected chi connectivity index (χ4v) is 4.42. The number of imidazole rings is 1. The van der Waals surface area contributed by atoms with Crippen LogP contribution in [0.25, 0.3) is 56.0 Å². The summed E-state index contributed by atoms with van der Waals surface area (Å²) >= 11 is 0. The number of anilines is 1. The zero-order valence-corrected chi connectivity index (χ0v) is 20.5. The number of benzene rings is 2. The van der Waals surface area contributed by atoms with Gasteiger partial charge in [0, 0.05) is 47.7 Å². The van der Waals surface area contributed by atoms with Crippen molar-refractivity contribution in [3.63, 3.8) is 0 Å². The number of aromatic nitrogens is 6. The first-order valence-electron chi connectivity index (χ1n) is 12.0. The number of nitrogens with one attached hydrogen (secondary N) is 3. The number of rotatable bonds is 7. The monoisotopic (exact) mass is 492 g/mol. The van der Waals surface area contributed by atoms with Crippen molar-refractivity contribution in [2.45, 2.75) is 0 Å². The first-order valence-corrected chi connectivity index (χ1v) is 12.0. The van der Waals surface area contributed by atoms with Crippen LogP contribution in [0.2, 0.25) is 0 Å². The summed E-state index contributed by atoms with van der Waals surface area (Å²) in [5.41, 5.74) is 6.97. The van der Waals surface area contributed by atoms with Crippen molar-refractivity contribution < 1.29 is 4.39 Å². The number of aromatic amines is 2. The first-order chi connectivity index (χ1) is 18.0. The lowest BCUT2D eigenvalue weighted by Gasteiger charge is -2.13. The van der Waals surface area contributed by atoms with Crippen LogP contribution in [0.4, 0.5) is 10.1 Å². The van der Waals surface area contributed by atoms with Gasteiger partial charge in [0.15, 0.2) is 11.5 Å². The number of nitrogens with zero attached hydrogens (tertiary/aromatic N) is 5. The van der Waals surface area contributed by atoms with E-state index < -0.39 is 0 Å². The molecule has 6 rings (SSSR count). The molecule has 4 aromatic heterocycles. The largest absolute Gasteiger partial charge is 0.384 e. The maximum Gasteiger partial charge on any atom is 0.178 e. The molecule has 0 spiro atoms. The molecule has 0 unspecified atom stereocenters. The highest BCUT2D eigenvalue weighted by molar-refractivity contribution is 5.97. The van der Waals surface area contributed by atoms with E-state index in [1.165, 1.54) is 12.1 Å². The van der Waals surface area contributed by atoms with Gasteiger partial charge in [0.2, 0.25) is 0 Å². The van der Waals surface area contributed by atoms with Gasteiger partial charge in [0.25, 0.3) is 0 Å². The summed E-state index contributed by atoms with van der Waals surface area (Å²) < 4.78 is 14.6. The van der Waals surface area contributed by atoms with Gasteiger partial charge < -0.3 is 15.2 Å². The number of H-pyrrole nitrogens is 2. The molecule has 0 fully saturated rings. The Morgan fingerprint density at radius 2 is 1.86 bits per heavy atom. The van der Waals surface area contributed by atoms with E-state index in [9.17, 15) is 4.39 Å². The Balaban J connectivity index is 1.41. The molecule has 0 amide bonds. The number of hydrogen-bond donors (Lipinski definition) is 3. The van der Waals surface area contributed by atoms with Crippen LogP contribution >= 0.6 is 0 Å². The molecule has 0 saturated heterocycles. The molecule has 184 valence electrons. The topological polar surface area (TPSA) is 98.4 Å². The van der Waals surface area contributed by atoms with Gasteiger partial charge >= 0.3 is 0 Å². The predicted molar refractivity (Wildman–Crippen MR) is 145 cm³/mol. The quantitative estimate of drug-likeness (QED) is 0.278. The number of fused-ring (bicyclic) bond motifs is 2. The lowest BCUT2D eigenvalue weighted by atomic mass is 10.0. The maximum absolute atomic E-state index is 14.6. The Morgan fingerprint density at radius 3 is 2.70 bits per heavy atom. The minimum atomic E-state index is -0.310. The predicted octanol–water partition coefficient (Wildman–Crippen LogP) is 5.34. The van der Waals surface area contributed by atoms with E-state index >= 15 is 0 Å². The van der Waals surface area contributed by atoms with Crippen LogP contribution in [0.1, 0.15) is 0 Å². The van der Waals surface area contributed by atoms with Crippen LogP contribution in [-0.4, -0.2) is 62.2 Å². The molecular formula is C28H25FN8. The Labute approximate surface area is 212 Å². The second-order valence-electron chi connectivity index (χ2n) is 9.15. The summed E-state index contributed by atoms with van der Waals surface area (Å²) in [6, 6.07) is 18.7. The summed E-state index contributed by atoms with van der Waals surface area (Å²) in [5, 5.41) is 11.8. The number of halogens is 1. The van der Waals surface area contributed by atoms with E-state index in [1.807, 2.05) is 56.6 Å². The second-order valence-corrected chi connectivity index (χ2v) is 9.15. The normalized spacial score (nSPS) is 11.6. The third-order valence-corrected chi connectivity index (χ3v) is 6.24. The highest BCUT2D eigenvalue weighted by Gasteiger charge is 2.17. The molecule has 6 aromatic rings. The van der Waals surface area contributed by atoms with Crippen LogP contribution in [0.5, 0.6) is 0 Å². The minimum Gasteiger partial charge on any atom is -0.384 e. The number of likely N-dealkylation sites (N-methyl/N-ethyl adjacent to an activating group) is 1. The Morgan fingerprint density at radius 1 is 0.946 bits per heavy atom.